The van der Waals surface area contributed by atoms with E-state index in [1.54, 1.807) is 12.1 Å². The third-order valence-electron chi connectivity index (χ3n) is 7.25. The highest BCUT2D eigenvalue weighted by Gasteiger charge is 2.25. The lowest BCUT2D eigenvalue weighted by Gasteiger charge is -2.14. The van der Waals surface area contributed by atoms with Crippen molar-refractivity contribution < 1.29 is 26.4 Å². The highest BCUT2D eigenvalue weighted by atomic mass is 32.2. The van der Waals surface area contributed by atoms with E-state index < -0.39 is 33.1 Å². The van der Waals surface area contributed by atoms with E-state index in [0.29, 0.717) is 16.5 Å². The van der Waals surface area contributed by atoms with Gasteiger partial charge in [0.15, 0.2) is 5.69 Å². The number of rotatable bonds is 7. The number of aromatic nitrogens is 3. The summed E-state index contributed by atoms with van der Waals surface area (Å²) in [5.41, 5.74) is 1.46. The normalized spacial score (nSPS) is 11.8. The van der Waals surface area contributed by atoms with Crippen LogP contribution in [0.2, 0.25) is 0 Å². The quantitative estimate of drug-likeness (QED) is 0.219. The van der Waals surface area contributed by atoms with Gasteiger partial charge in [0, 0.05) is 53.8 Å². The standard InChI is InChI=1S/C31H25F2N5O5S/c1-4-44(41,42)37-23-14-26-20(27(30(39)34-2)29(43-26)16-8-10-17(32)11-9-16)12-19(23)25-15-38(3)31(40)28(36-25)24-13-18-21(33)6-5-7-22(18)35-24/h5-15,35,37H,4H2,1-3H3,(H,34,39). The Morgan fingerprint density at radius 1 is 1.07 bits per heavy atom. The van der Waals surface area contributed by atoms with Gasteiger partial charge in [-0.15, -0.1) is 0 Å². The summed E-state index contributed by atoms with van der Waals surface area (Å²) in [5.74, 6) is -1.53. The smallest absolute Gasteiger partial charge is 0.278 e. The first-order valence-corrected chi connectivity index (χ1v) is 15.1. The number of carbonyl (C=O) groups is 1. The lowest BCUT2D eigenvalue weighted by molar-refractivity contribution is 0.0964. The molecule has 10 nitrogen and oxygen atoms in total. The van der Waals surface area contributed by atoms with Crippen LogP contribution in [-0.2, 0) is 17.1 Å². The average Bonchev–Trinajstić information content (AvgIpc) is 3.60. The van der Waals surface area contributed by atoms with E-state index in [-0.39, 0.29) is 56.4 Å². The maximum absolute atomic E-state index is 14.5. The number of anilines is 1. The zero-order chi connectivity index (χ0) is 31.3. The Balaban J connectivity index is 1.64. The predicted molar refractivity (Wildman–Crippen MR) is 164 cm³/mol. The third kappa shape index (κ3) is 5.00. The molecule has 13 heteroatoms. The van der Waals surface area contributed by atoms with Crippen LogP contribution in [0, 0.1) is 11.6 Å². The first-order chi connectivity index (χ1) is 21.0. The maximum Gasteiger partial charge on any atom is 0.278 e. The molecule has 0 bridgehead atoms. The Morgan fingerprint density at radius 3 is 2.50 bits per heavy atom. The lowest BCUT2D eigenvalue weighted by atomic mass is 10.0. The molecule has 6 aromatic rings. The van der Waals surface area contributed by atoms with Gasteiger partial charge in [-0.3, -0.25) is 14.3 Å². The van der Waals surface area contributed by atoms with E-state index in [2.05, 4.69) is 20.0 Å². The van der Waals surface area contributed by atoms with E-state index in [4.69, 9.17) is 4.42 Å². The van der Waals surface area contributed by atoms with Gasteiger partial charge < -0.3 is 19.3 Å². The first kappa shape index (κ1) is 28.8. The van der Waals surface area contributed by atoms with Gasteiger partial charge in [-0.25, -0.2) is 22.2 Å². The van der Waals surface area contributed by atoms with Crippen molar-refractivity contribution in [2.24, 2.45) is 7.05 Å². The fourth-order valence-electron chi connectivity index (χ4n) is 4.99. The number of H-pyrrole nitrogens is 1. The molecule has 224 valence electrons. The molecule has 3 aromatic carbocycles. The van der Waals surface area contributed by atoms with Crippen molar-refractivity contribution in [2.75, 3.05) is 17.5 Å². The number of hydrogen-bond donors (Lipinski definition) is 3. The van der Waals surface area contributed by atoms with Crippen molar-refractivity contribution in [1.29, 1.82) is 0 Å². The van der Waals surface area contributed by atoms with Crippen LogP contribution in [0.15, 0.2) is 76.1 Å². The van der Waals surface area contributed by atoms with Gasteiger partial charge in [-0.05, 0) is 55.5 Å². The SMILES string of the molecule is CCS(=O)(=O)Nc1cc2oc(-c3ccc(F)cc3)c(C(=O)NC)c2cc1-c1cn(C)c(=O)c(-c2cc3c(F)cccc3[nH]2)n1. The molecule has 1 amide bonds. The van der Waals surface area contributed by atoms with Crippen molar-refractivity contribution in [3.05, 3.63) is 94.4 Å². The predicted octanol–water partition coefficient (Wildman–Crippen LogP) is 5.41. The highest BCUT2D eigenvalue weighted by molar-refractivity contribution is 7.92. The Kier molecular flexibility index (Phi) is 7.04. The van der Waals surface area contributed by atoms with Gasteiger partial charge in [0.1, 0.15) is 23.0 Å². The molecule has 0 spiro atoms. The zero-order valence-electron chi connectivity index (χ0n) is 23.7. The van der Waals surface area contributed by atoms with Crippen LogP contribution in [0.4, 0.5) is 14.5 Å². The third-order valence-corrected chi connectivity index (χ3v) is 8.54. The second kappa shape index (κ2) is 10.8. The Bertz CT molecular complexity index is 2270. The van der Waals surface area contributed by atoms with Crippen LogP contribution in [0.25, 0.3) is 55.8 Å². The minimum Gasteiger partial charge on any atom is -0.455 e. The van der Waals surface area contributed by atoms with Crippen molar-refractivity contribution >= 4 is 43.5 Å². The number of aryl methyl sites for hydroxylation is 1. The van der Waals surface area contributed by atoms with Crippen LogP contribution >= 0.6 is 0 Å². The van der Waals surface area contributed by atoms with Crippen molar-refractivity contribution in [1.82, 2.24) is 19.9 Å². The molecule has 3 aromatic heterocycles. The molecular formula is C31H25F2N5O5S. The first-order valence-electron chi connectivity index (χ1n) is 13.4. The molecule has 3 N–H and O–H groups in total. The van der Waals surface area contributed by atoms with Gasteiger partial charge in [0.25, 0.3) is 11.5 Å². The second-order valence-electron chi connectivity index (χ2n) is 10.1. The molecule has 0 aliphatic rings. The van der Waals surface area contributed by atoms with Gasteiger partial charge in [0.2, 0.25) is 10.0 Å². The number of nitrogens with zero attached hydrogens (tertiary/aromatic N) is 2. The largest absolute Gasteiger partial charge is 0.455 e. The molecule has 6 rings (SSSR count). The summed E-state index contributed by atoms with van der Waals surface area (Å²) < 4.78 is 63.5. The number of halogens is 2. The van der Waals surface area contributed by atoms with Crippen LogP contribution in [0.5, 0.6) is 0 Å². The fourth-order valence-corrected chi connectivity index (χ4v) is 5.64. The molecule has 0 fully saturated rings. The summed E-state index contributed by atoms with van der Waals surface area (Å²) >= 11 is 0. The van der Waals surface area contributed by atoms with E-state index in [1.165, 1.54) is 80.3 Å². The number of aromatic amines is 1. The minimum absolute atomic E-state index is 0.0317. The van der Waals surface area contributed by atoms with Gasteiger partial charge in [0.05, 0.1) is 28.4 Å². The number of carbonyl (C=O) groups excluding carboxylic acids is 1. The molecule has 0 unspecified atom stereocenters. The number of amides is 1. The molecule has 3 heterocycles. The summed E-state index contributed by atoms with van der Waals surface area (Å²) in [5, 5.41) is 3.18. The molecule has 44 heavy (non-hydrogen) atoms. The van der Waals surface area contributed by atoms with Crippen molar-refractivity contribution in [3.63, 3.8) is 0 Å². The summed E-state index contributed by atoms with van der Waals surface area (Å²) in [6.07, 6.45) is 1.43. The van der Waals surface area contributed by atoms with E-state index in [1.807, 2.05) is 0 Å². The van der Waals surface area contributed by atoms with Gasteiger partial charge >= 0.3 is 0 Å². The zero-order valence-corrected chi connectivity index (χ0v) is 24.5. The van der Waals surface area contributed by atoms with E-state index in [0.717, 1.165) is 0 Å². The van der Waals surface area contributed by atoms with E-state index >= 15 is 0 Å². The Hall–Kier alpha value is -5.30. The van der Waals surface area contributed by atoms with Crippen molar-refractivity contribution in [3.8, 4) is 34.0 Å². The van der Waals surface area contributed by atoms with Crippen molar-refractivity contribution in [2.45, 2.75) is 6.92 Å². The minimum atomic E-state index is -3.81. The number of furan rings is 1. The molecule has 0 saturated carbocycles. The highest BCUT2D eigenvalue weighted by Crippen LogP contribution is 2.40. The number of nitrogens with one attached hydrogen (secondary N) is 3. The molecule has 0 saturated heterocycles. The van der Waals surface area contributed by atoms with Gasteiger partial charge in [-0.2, -0.15) is 0 Å². The summed E-state index contributed by atoms with van der Waals surface area (Å²) in [7, 11) is -0.855. The summed E-state index contributed by atoms with van der Waals surface area (Å²) in [6, 6.07) is 14.4. The number of sulfonamides is 1. The number of hydrogen-bond acceptors (Lipinski definition) is 6. The summed E-state index contributed by atoms with van der Waals surface area (Å²) in [4.78, 5) is 34.0. The molecule has 0 atom stereocenters. The average molecular weight is 618 g/mol. The molecular weight excluding hydrogens is 592 g/mol. The monoisotopic (exact) mass is 617 g/mol. The fraction of sp³-hybridized carbons (Fsp3) is 0.129. The summed E-state index contributed by atoms with van der Waals surface area (Å²) in [6.45, 7) is 1.47. The number of fused-ring (bicyclic) bond motifs is 2. The Morgan fingerprint density at radius 2 is 1.82 bits per heavy atom. The molecule has 0 aliphatic carbocycles. The molecule has 0 aliphatic heterocycles. The van der Waals surface area contributed by atoms with Gasteiger partial charge in [-0.1, -0.05) is 6.07 Å². The van der Waals surface area contributed by atoms with E-state index in [9.17, 15) is 26.8 Å². The topological polar surface area (TPSA) is 139 Å². The van der Waals surface area contributed by atoms with Crippen LogP contribution in [0.3, 0.4) is 0 Å². The van der Waals surface area contributed by atoms with Crippen LogP contribution < -0.4 is 15.6 Å². The van der Waals surface area contributed by atoms with Crippen LogP contribution in [-0.4, -0.2) is 41.7 Å². The number of benzene rings is 3. The second-order valence-corrected chi connectivity index (χ2v) is 12.1. The Labute approximate surface area is 249 Å². The maximum atomic E-state index is 14.5. The lowest BCUT2D eigenvalue weighted by Crippen LogP contribution is -2.21. The molecule has 0 radical (unpaired) electrons. The van der Waals surface area contributed by atoms with Crippen LogP contribution in [0.1, 0.15) is 17.3 Å².